The van der Waals surface area contributed by atoms with E-state index >= 15 is 0 Å². The van der Waals surface area contributed by atoms with Crippen LogP contribution in [0, 0.1) is 5.92 Å². The number of carboxylic acid groups (broad SMARTS) is 1. The molecule has 17 heavy (non-hydrogen) atoms. The number of ether oxygens (including phenoxy) is 1. The Labute approximate surface area is 101 Å². The first-order chi connectivity index (χ1) is 8.09. The van der Waals surface area contributed by atoms with Gasteiger partial charge in [-0.3, -0.25) is 0 Å². The maximum Gasteiger partial charge on any atom is 0.329 e. The highest BCUT2D eigenvalue weighted by atomic mass is 16.5. The first kappa shape index (κ1) is 13.8. The van der Waals surface area contributed by atoms with Crippen LogP contribution >= 0.6 is 0 Å². The number of carboxylic acids is 1. The lowest BCUT2D eigenvalue weighted by molar-refractivity contribution is -0.142. The summed E-state index contributed by atoms with van der Waals surface area (Å²) in [7, 11) is 0. The Balaban J connectivity index is 2.10. The number of rotatable bonds is 5. The summed E-state index contributed by atoms with van der Waals surface area (Å²) in [6.45, 7) is 3.97. The molecule has 0 bridgehead atoms. The molecule has 1 saturated heterocycles. The van der Waals surface area contributed by atoms with Crippen LogP contribution in [0.5, 0.6) is 0 Å². The number of nitrogens with one attached hydrogen (secondary N) is 1. The van der Waals surface area contributed by atoms with Crippen LogP contribution in [-0.4, -0.2) is 54.9 Å². The van der Waals surface area contributed by atoms with Crippen molar-refractivity contribution in [1.82, 2.24) is 10.2 Å². The molecule has 0 aromatic heterocycles. The average Bonchev–Trinajstić information content (AvgIpc) is 2.28. The molecule has 2 amide bonds. The molecule has 98 valence electrons. The van der Waals surface area contributed by atoms with E-state index in [9.17, 15) is 9.59 Å². The number of amides is 2. The van der Waals surface area contributed by atoms with Gasteiger partial charge in [-0.1, -0.05) is 6.92 Å². The van der Waals surface area contributed by atoms with Gasteiger partial charge in [0.1, 0.15) is 6.61 Å². The van der Waals surface area contributed by atoms with E-state index in [1.807, 2.05) is 0 Å². The normalized spacial score (nSPS) is 20.1. The van der Waals surface area contributed by atoms with Gasteiger partial charge in [-0.2, -0.15) is 0 Å². The van der Waals surface area contributed by atoms with Gasteiger partial charge >= 0.3 is 12.0 Å². The van der Waals surface area contributed by atoms with Gasteiger partial charge in [-0.15, -0.1) is 0 Å². The lowest BCUT2D eigenvalue weighted by atomic mass is 10.0. The third-order valence-corrected chi connectivity index (χ3v) is 2.69. The Kier molecular flexibility index (Phi) is 5.76. The zero-order valence-corrected chi connectivity index (χ0v) is 10.1. The van der Waals surface area contributed by atoms with Gasteiger partial charge in [0.2, 0.25) is 0 Å². The maximum atomic E-state index is 11.7. The number of hydrogen-bond donors (Lipinski definition) is 2. The Bertz CT molecular complexity index is 270. The van der Waals surface area contributed by atoms with Crippen molar-refractivity contribution in [3.05, 3.63) is 0 Å². The smallest absolute Gasteiger partial charge is 0.329 e. The van der Waals surface area contributed by atoms with Crippen LogP contribution in [0.2, 0.25) is 0 Å². The van der Waals surface area contributed by atoms with Crippen LogP contribution in [0.3, 0.4) is 0 Å². The van der Waals surface area contributed by atoms with Crippen molar-refractivity contribution in [1.29, 1.82) is 0 Å². The molecule has 0 spiro atoms. The van der Waals surface area contributed by atoms with Crippen molar-refractivity contribution in [3.63, 3.8) is 0 Å². The topological polar surface area (TPSA) is 78.9 Å². The fourth-order valence-corrected chi connectivity index (χ4v) is 1.88. The number of piperidine rings is 1. The van der Waals surface area contributed by atoms with Crippen LogP contribution in [0.25, 0.3) is 0 Å². The zero-order valence-electron chi connectivity index (χ0n) is 10.1. The van der Waals surface area contributed by atoms with E-state index in [1.54, 1.807) is 4.90 Å². The fourth-order valence-electron chi connectivity index (χ4n) is 1.88. The Morgan fingerprint density at radius 1 is 1.53 bits per heavy atom. The number of hydrogen-bond acceptors (Lipinski definition) is 3. The minimum absolute atomic E-state index is 0.0875. The minimum Gasteiger partial charge on any atom is -0.480 e. The molecular weight excluding hydrogens is 224 g/mol. The summed E-state index contributed by atoms with van der Waals surface area (Å²) < 4.78 is 4.82. The average molecular weight is 244 g/mol. The predicted molar refractivity (Wildman–Crippen MR) is 61.8 cm³/mol. The molecule has 1 aliphatic rings. The molecule has 1 atom stereocenters. The second-order valence-electron chi connectivity index (χ2n) is 4.37. The molecule has 0 saturated carbocycles. The summed E-state index contributed by atoms with van der Waals surface area (Å²) in [6.07, 6.45) is 2.22. The van der Waals surface area contributed by atoms with Gasteiger partial charge in [-0.25, -0.2) is 9.59 Å². The Morgan fingerprint density at radius 3 is 2.94 bits per heavy atom. The number of likely N-dealkylation sites (tertiary alicyclic amines) is 1. The summed E-state index contributed by atoms with van der Waals surface area (Å²) in [5.41, 5.74) is 0. The van der Waals surface area contributed by atoms with Gasteiger partial charge in [0.15, 0.2) is 0 Å². The first-order valence-electron chi connectivity index (χ1n) is 5.92. The quantitative estimate of drug-likeness (QED) is 0.691. The summed E-state index contributed by atoms with van der Waals surface area (Å²) >= 11 is 0. The summed E-state index contributed by atoms with van der Waals surface area (Å²) in [4.78, 5) is 23.6. The summed E-state index contributed by atoms with van der Waals surface area (Å²) in [5.74, 6) is -0.445. The molecular formula is C11H20N2O4. The monoisotopic (exact) mass is 244 g/mol. The predicted octanol–water partition coefficient (Wildman–Crippen LogP) is 0.529. The third kappa shape index (κ3) is 5.53. The van der Waals surface area contributed by atoms with E-state index in [2.05, 4.69) is 12.2 Å². The molecule has 2 N–H and O–H groups in total. The van der Waals surface area contributed by atoms with Crippen LogP contribution in [-0.2, 0) is 9.53 Å². The van der Waals surface area contributed by atoms with Crippen LogP contribution in [0.1, 0.15) is 19.8 Å². The molecule has 6 heteroatoms. The second kappa shape index (κ2) is 7.11. The standard InChI is InChI=1S/C11H20N2O4/c1-9-3-2-5-13(7-9)11(16)12-4-6-17-8-10(14)15/h9H,2-8H2,1H3,(H,12,16)(H,14,15). The zero-order chi connectivity index (χ0) is 12.7. The Hall–Kier alpha value is -1.30. The van der Waals surface area contributed by atoms with E-state index < -0.39 is 5.97 Å². The first-order valence-corrected chi connectivity index (χ1v) is 5.92. The SMILES string of the molecule is CC1CCCN(C(=O)NCCOCC(=O)O)C1. The van der Waals surface area contributed by atoms with E-state index in [-0.39, 0.29) is 19.2 Å². The van der Waals surface area contributed by atoms with Crippen molar-refractivity contribution in [2.45, 2.75) is 19.8 Å². The van der Waals surface area contributed by atoms with Crippen LogP contribution in [0.15, 0.2) is 0 Å². The van der Waals surface area contributed by atoms with Gasteiger partial charge < -0.3 is 20.1 Å². The van der Waals surface area contributed by atoms with Gasteiger partial charge in [0, 0.05) is 19.6 Å². The van der Waals surface area contributed by atoms with E-state index in [1.165, 1.54) is 6.42 Å². The number of carbonyl (C=O) groups excluding carboxylic acids is 1. The molecule has 0 aromatic rings. The highest BCUT2D eigenvalue weighted by Crippen LogP contribution is 2.14. The molecule has 0 radical (unpaired) electrons. The minimum atomic E-state index is -0.999. The van der Waals surface area contributed by atoms with Crippen molar-refractivity contribution < 1.29 is 19.4 Å². The molecule has 1 aliphatic heterocycles. The maximum absolute atomic E-state index is 11.7. The Morgan fingerprint density at radius 2 is 2.29 bits per heavy atom. The molecule has 0 aromatic carbocycles. The van der Waals surface area contributed by atoms with E-state index in [0.717, 1.165) is 19.5 Å². The van der Waals surface area contributed by atoms with Crippen LogP contribution in [0.4, 0.5) is 4.79 Å². The van der Waals surface area contributed by atoms with E-state index in [0.29, 0.717) is 12.5 Å². The number of nitrogens with zero attached hydrogens (tertiary/aromatic N) is 1. The van der Waals surface area contributed by atoms with Crippen LogP contribution < -0.4 is 5.32 Å². The third-order valence-electron chi connectivity index (χ3n) is 2.69. The molecule has 1 heterocycles. The number of carbonyl (C=O) groups is 2. The highest BCUT2D eigenvalue weighted by Gasteiger charge is 2.20. The molecule has 1 rings (SSSR count). The van der Waals surface area contributed by atoms with Gasteiger partial charge in [0.25, 0.3) is 0 Å². The fraction of sp³-hybridized carbons (Fsp3) is 0.818. The molecule has 1 unspecified atom stereocenters. The summed E-state index contributed by atoms with van der Waals surface area (Å²) in [6, 6.07) is -0.0875. The van der Waals surface area contributed by atoms with Crippen molar-refractivity contribution in [2.24, 2.45) is 5.92 Å². The number of aliphatic carboxylic acids is 1. The highest BCUT2D eigenvalue weighted by molar-refractivity contribution is 5.74. The van der Waals surface area contributed by atoms with Crippen molar-refractivity contribution >= 4 is 12.0 Å². The lowest BCUT2D eigenvalue weighted by Gasteiger charge is -2.30. The van der Waals surface area contributed by atoms with Gasteiger partial charge in [0.05, 0.1) is 6.61 Å². The van der Waals surface area contributed by atoms with Crippen molar-refractivity contribution in [2.75, 3.05) is 32.8 Å². The molecule has 0 aliphatic carbocycles. The molecule has 6 nitrogen and oxygen atoms in total. The lowest BCUT2D eigenvalue weighted by Crippen LogP contribution is -2.45. The van der Waals surface area contributed by atoms with Gasteiger partial charge in [-0.05, 0) is 18.8 Å². The van der Waals surface area contributed by atoms with Crippen molar-refractivity contribution in [3.8, 4) is 0 Å². The van der Waals surface area contributed by atoms with E-state index in [4.69, 9.17) is 9.84 Å². The number of urea groups is 1. The largest absolute Gasteiger partial charge is 0.480 e. The molecule has 1 fully saturated rings. The second-order valence-corrected chi connectivity index (χ2v) is 4.37. The summed E-state index contributed by atoms with van der Waals surface area (Å²) in [5, 5.41) is 11.1.